The number of benzene rings is 1. The highest BCUT2D eigenvalue weighted by atomic mass is 16.3. The van der Waals surface area contributed by atoms with Crippen LogP contribution in [0, 0.1) is 11.8 Å². The molecule has 0 bridgehead atoms. The van der Waals surface area contributed by atoms with Gasteiger partial charge in [0.25, 0.3) is 0 Å². The number of Topliss-reactive ketones (excluding diaryl/α,β-unsaturated/α-hetero) is 1. The van der Waals surface area contributed by atoms with E-state index < -0.39 is 0 Å². The van der Waals surface area contributed by atoms with E-state index in [1.807, 2.05) is 12.1 Å². The molecule has 3 aliphatic heterocycles. The maximum atomic E-state index is 13.0. The molecule has 2 aliphatic carbocycles. The van der Waals surface area contributed by atoms with E-state index in [1.165, 1.54) is 57.9 Å². The Kier molecular flexibility index (Phi) is 6.44. The number of carbonyl (C=O) groups is 1. The van der Waals surface area contributed by atoms with Gasteiger partial charge in [-0.15, -0.1) is 0 Å². The Morgan fingerprint density at radius 3 is 2.74 bits per heavy atom. The monoisotopic (exact) mass is 466 g/mol. The van der Waals surface area contributed by atoms with E-state index in [0.29, 0.717) is 42.0 Å². The van der Waals surface area contributed by atoms with Gasteiger partial charge in [-0.3, -0.25) is 9.69 Å². The van der Waals surface area contributed by atoms with Crippen molar-refractivity contribution >= 4 is 5.78 Å². The van der Waals surface area contributed by atoms with Gasteiger partial charge in [-0.25, -0.2) is 10.4 Å². The maximum Gasteiger partial charge on any atom is 0.133 e. The van der Waals surface area contributed by atoms with E-state index in [-0.39, 0.29) is 11.6 Å². The maximum absolute atomic E-state index is 13.0. The van der Waals surface area contributed by atoms with Crippen LogP contribution in [0.3, 0.4) is 0 Å². The van der Waals surface area contributed by atoms with E-state index in [2.05, 4.69) is 26.7 Å². The third-order valence-corrected chi connectivity index (χ3v) is 9.82. The smallest absolute Gasteiger partial charge is 0.133 e. The van der Waals surface area contributed by atoms with Crippen molar-refractivity contribution in [3.05, 3.63) is 29.8 Å². The van der Waals surface area contributed by atoms with Crippen LogP contribution in [0.2, 0.25) is 0 Å². The largest absolute Gasteiger partial charge is 0.508 e. The quantitative estimate of drug-likeness (QED) is 0.590. The predicted molar refractivity (Wildman–Crippen MR) is 133 cm³/mol. The highest BCUT2D eigenvalue weighted by molar-refractivity contribution is 5.80. The Morgan fingerprint density at radius 2 is 1.91 bits per heavy atom. The third-order valence-electron chi connectivity index (χ3n) is 9.82. The summed E-state index contributed by atoms with van der Waals surface area (Å²) in [6.07, 6.45) is 14.6. The van der Waals surface area contributed by atoms with E-state index in [1.54, 1.807) is 6.07 Å². The second-order valence-electron chi connectivity index (χ2n) is 11.7. The number of hydrazine groups is 1. The number of ketones is 1. The molecule has 186 valence electrons. The van der Waals surface area contributed by atoms with E-state index in [0.717, 1.165) is 37.9 Å². The van der Waals surface area contributed by atoms with E-state index >= 15 is 0 Å². The van der Waals surface area contributed by atoms with Gasteiger partial charge in [0, 0.05) is 49.5 Å². The number of carbonyl (C=O) groups excluding carboxylic acids is 1. The lowest BCUT2D eigenvalue weighted by atomic mass is 9.60. The number of nitrogens with zero attached hydrogens (tertiary/aromatic N) is 2. The van der Waals surface area contributed by atoms with Crippen molar-refractivity contribution in [1.29, 1.82) is 0 Å². The Hall–Kier alpha value is -1.47. The van der Waals surface area contributed by atoms with E-state index in [9.17, 15) is 9.90 Å². The first kappa shape index (κ1) is 23.0. The molecule has 6 nitrogen and oxygen atoms in total. The molecule has 3 N–H and O–H groups in total. The summed E-state index contributed by atoms with van der Waals surface area (Å²) in [5.74, 6) is 1.48. The number of nitrogens with one attached hydrogen (secondary N) is 2. The van der Waals surface area contributed by atoms with Crippen LogP contribution in [0.1, 0.15) is 76.2 Å². The summed E-state index contributed by atoms with van der Waals surface area (Å²) in [5, 5.41) is 16.4. The summed E-state index contributed by atoms with van der Waals surface area (Å²) in [4.78, 5) is 15.8. The van der Waals surface area contributed by atoms with Crippen molar-refractivity contribution in [2.75, 3.05) is 19.6 Å². The minimum Gasteiger partial charge on any atom is -0.508 e. The Morgan fingerprint density at radius 1 is 1.06 bits per heavy atom. The molecular weight excluding hydrogens is 424 g/mol. The lowest BCUT2D eigenvalue weighted by molar-refractivity contribution is -0.137. The minimum atomic E-state index is 0.0542. The first-order chi connectivity index (χ1) is 16.6. The van der Waals surface area contributed by atoms with Crippen molar-refractivity contribution in [2.24, 2.45) is 11.8 Å². The highest BCUT2D eigenvalue weighted by Crippen LogP contribution is 2.52. The average molecular weight is 467 g/mol. The number of likely N-dealkylation sites (tertiary alicyclic amines) is 1. The summed E-state index contributed by atoms with van der Waals surface area (Å²) in [7, 11) is 0. The van der Waals surface area contributed by atoms with Crippen LogP contribution in [-0.2, 0) is 11.2 Å². The molecule has 3 saturated heterocycles. The van der Waals surface area contributed by atoms with Gasteiger partial charge >= 0.3 is 0 Å². The van der Waals surface area contributed by atoms with Crippen LogP contribution in [-0.4, -0.2) is 64.2 Å². The van der Waals surface area contributed by atoms with Crippen LogP contribution in [0.25, 0.3) is 0 Å². The van der Waals surface area contributed by atoms with Crippen LogP contribution in [0.4, 0.5) is 0 Å². The summed E-state index contributed by atoms with van der Waals surface area (Å²) in [6.45, 7) is 3.21. The zero-order valence-electron chi connectivity index (χ0n) is 20.6. The molecule has 5 aliphatic rings. The van der Waals surface area contributed by atoms with Crippen molar-refractivity contribution in [1.82, 2.24) is 20.7 Å². The van der Waals surface area contributed by atoms with Crippen LogP contribution >= 0.6 is 0 Å². The molecule has 1 aromatic rings. The van der Waals surface area contributed by atoms with Crippen molar-refractivity contribution in [3.8, 4) is 5.75 Å². The zero-order valence-corrected chi connectivity index (χ0v) is 20.6. The molecule has 1 aromatic carbocycles. The molecule has 5 fully saturated rings. The van der Waals surface area contributed by atoms with Crippen molar-refractivity contribution in [3.63, 3.8) is 0 Å². The van der Waals surface area contributed by atoms with Gasteiger partial charge in [-0.2, -0.15) is 0 Å². The number of phenolic OH excluding ortho intramolecular Hbond substituents is 1. The van der Waals surface area contributed by atoms with Gasteiger partial charge in [0.1, 0.15) is 11.5 Å². The van der Waals surface area contributed by atoms with Gasteiger partial charge in [-0.1, -0.05) is 37.8 Å². The molecule has 2 saturated carbocycles. The average Bonchev–Trinajstić information content (AvgIpc) is 3.30. The van der Waals surface area contributed by atoms with Gasteiger partial charge in [0.05, 0.1) is 6.17 Å². The number of rotatable bonds is 4. The normalized spacial score (nSPS) is 37.9. The first-order valence-electron chi connectivity index (χ1n) is 14.0. The molecule has 3 heterocycles. The Balaban J connectivity index is 1.34. The van der Waals surface area contributed by atoms with Gasteiger partial charge < -0.3 is 10.4 Å². The van der Waals surface area contributed by atoms with Crippen LogP contribution in [0.15, 0.2) is 24.3 Å². The first-order valence-corrected chi connectivity index (χ1v) is 14.0. The fourth-order valence-electron chi connectivity index (χ4n) is 8.39. The molecule has 0 radical (unpaired) electrons. The molecule has 4 unspecified atom stereocenters. The molecule has 1 spiro atoms. The standard InChI is InChI=1S/C28H42N4O2/c33-23-10-5-7-20(15-23)16-26-25-18-24(34)17-21-19-29-13-12-28(21,25)32(30-26)27-11-6-14-31(27)22-8-3-1-2-4-9-22/h5,7,10,15,21-22,25-27,29-30,33H,1-4,6,8-9,11-14,16-19H2/t21?,25?,26?,27-,28?/m1/s1. The number of phenols is 1. The molecular formula is C28H42N4O2. The number of aromatic hydroxyl groups is 1. The molecule has 6 heteroatoms. The number of hydrogen-bond acceptors (Lipinski definition) is 6. The fraction of sp³-hybridized carbons (Fsp3) is 0.750. The summed E-state index contributed by atoms with van der Waals surface area (Å²) in [5.41, 5.74) is 5.28. The summed E-state index contributed by atoms with van der Waals surface area (Å²) >= 11 is 0. The topological polar surface area (TPSA) is 67.8 Å². The van der Waals surface area contributed by atoms with Gasteiger partial charge in [0.2, 0.25) is 0 Å². The summed E-state index contributed by atoms with van der Waals surface area (Å²) < 4.78 is 0. The predicted octanol–water partition coefficient (Wildman–Crippen LogP) is 3.60. The third kappa shape index (κ3) is 4.01. The summed E-state index contributed by atoms with van der Waals surface area (Å²) in [6, 6.07) is 8.65. The van der Waals surface area contributed by atoms with Crippen LogP contribution in [0.5, 0.6) is 5.75 Å². The molecule has 0 amide bonds. The van der Waals surface area contributed by atoms with E-state index in [4.69, 9.17) is 0 Å². The fourth-order valence-corrected chi connectivity index (χ4v) is 8.39. The molecule has 6 rings (SSSR count). The lowest BCUT2D eigenvalue weighted by Crippen LogP contribution is -2.68. The van der Waals surface area contributed by atoms with Gasteiger partial charge in [-0.05, 0) is 68.7 Å². The van der Waals surface area contributed by atoms with Crippen LogP contribution < -0.4 is 10.7 Å². The second-order valence-corrected chi connectivity index (χ2v) is 11.7. The van der Waals surface area contributed by atoms with Gasteiger partial charge in [0.15, 0.2) is 0 Å². The Labute approximate surface area is 204 Å². The molecule has 34 heavy (non-hydrogen) atoms. The highest BCUT2D eigenvalue weighted by Gasteiger charge is 2.63. The number of piperidine rings is 1. The minimum absolute atomic E-state index is 0.0542. The second kappa shape index (κ2) is 9.53. The SMILES string of the molecule is O=C1CC2CNCCC23C(C1)C(Cc1cccc(O)c1)NN3[C@@H]1CCCN1C1CCCCCC1. The molecule has 0 aromatic heterocycles. The lowest BCUT2D eigenvalue weighted by Gasteiger charge is -2.55. The number of hydrogen-bond donors (Lipinski definition) is 3. The van der Waals surface area contributed by atoms with Crippen molar-refractivity contribution < 1.29 is 9.90 Å². The Bertz CT molecular complexity index is 885. The zero-order chi connectivity index (χ0) is 23.1. The van der Waals surface area contributed by atoms with Crippen molar-refractivity contribution in [2.45, 2.75) is 101 Å². The molecule has 5 atom stereocenters.